The summed E-state index contributed by atoms with van der Waals surface area (Å²) in [4.78, 5) is 46.3. The SMILES string of the molecule is Cc1ccc(Nc2c(-c3ccc(F)cc3)nc3n2CCN(C(=O)C(C)(CCCCNC(=O)OC(C)(C)C)NC(=O)OCc2ccccc2)C3)cc1. The third kappa shape index (κ3) is 10.1. The zero-order valence-corrected chi connectivity index (χ0v) is 29.9. The highest BCUT2D eigenvalue weighted by Gasteiger charge is 2.40. The normalized spacial score (nSPS) is 13.8. The van der Waals surface area contributed by atoms with E-state index in [1.807, 2.05) is 66.1 Å². The molecule has 0 radical (unpaired) electrons. The van der Waals surface area contributed by atoms with Crippen molar-refractivity contribution in [3.8, 4) is 11.3 Å². The fourth-order valence-corrected chi connectivity index (χ4v) is 5.88. The Balaban J connectivity index is 1.34. The maximum atomic E-state index is 14.4. The number of imidazole rings is 1. The van der Waals surface area contributed by atoms with Crippen molar-refractivity contribution in [2.45, 2.75) is 84.7 Å². The minimum Gasteiger partial charge on any atom is -0.445 e. The summed E-state index contributed by atoms with van der Waals surface area (Å²) >= 11 is 0. The van der Waals surface area contributed by atoms with Crippen LogP contribution in [0.1, 0.15) is 63.9 Å². The van der Waals surface area contributed by atoms with Crippen LogP contribution in [-0.4, -0.2) is 56.8 Å². The number of ether oxygens (including phenoxy) is 2. The average molecular weight is 699 g/mol. The van der Waals surface area contributed by atoms with Gasteiger partial charge in [0.05, 0.1) is 6.54 Å². The van der Waals surface area contributed by atoms with Gasteiger partial charge in [0.1, 0.15) is 40.9 Å². The lowest BCUT2D eigenvalue weighted by Gasteiger charge is -2.37. The Morgan fingerprint density at radius 2 is 1.59 bits per heavy atom. The molecule has 1 aliphatic rings. The van der Waals surface area contributed by atoms with Crippen molar-refractivity contribution < 1.29 is 28.2 Å². The second-order valence-corrected chi connectivity index (χ2v) is 14.0. The first-order valence-electron chi connectivity index (χ1n) is 17.2. The Morgan fingerprint density at radius 3 is 2.27 bits per heavy atom. The first-order chi connectivity index (χ1) is 24.3. The van der Waals surface area contributed by atoms with E-state index in [-0.39, 0.29) is 24.9 Å². The van der Waals surface area contributed by atoms with Gasteiger partial charge in [-0.2, -0.15) is 0 Å². The number of hydrogen-bond donors (Lipinski definition) is 3. The number of nitrogens with zero attached hydrogens (tertiary/aromatic N) is 3. The molecule has 5 rings (SSSR count). The van der Waals surface area contributed by atoms with Gasteiger partial charge in [0, 0.05) is 30.9 Å². The minimum absolute atomic E-state index is 0.0564. The number of unbranched alkanes of at least 4 members (excludes halogenated alkanes) is 1. The first kappa shape index (κ1) is 36.9. The molecule has 3 N–H and O–H groups in total. The molecule has 12 heteroatoms. The fraction of sp³-hybridized carbons (Fsp3) is 0.385. The molecule has 2 heterocycles. The Labute approximate surface area is 298 Å². The van der Waals surface area contributed by atoms with Crippen molar-refractivity contribution in [1.29, 1.82) is 0 Å². The molecule has 4 aromatic rings. The van der Waals surface area contributed by atoms with Gasteiger partial charge < -0.3 is 34.9 Å². The molecule has 0 aliphatic carbocycles. The van der Waals surface area contributed by atoms with Gasteiger partial charge in [-0.15, -0.1) is 0 Å². The van der Waals surface area contributed by atoms with Crippen molar-refractivity contribution in [3.05, 3.63) is 102 Å². The molecular weight excluding hydrogens is 651 g/mol. The van der Waals surface area contributed by atoms with Gasteiger partial charge in [-0.25, -0.2) is 19.0 Å². The molecule has 270 valence electrons. The van der Waals surface area contributed by atoms with Crippen molar-refractivity contribution in [2.24, 2.45) is 0 Å². The second-order valence-electron chi connectivity index (χ2n) is 14.0. The maximum absolute atomic E-state index is 14.4. The van der Waals surface area contributed by atoms with E-state index in [0.717, 1.165) is 28.2 Å². The molecule has 11 nitrogen and oxygen atoms in total. The van der Waals surface area contributed by atoms with Gasteiger partial charge in [-0.05, 0) is 95.8 Å². The van der Waals surface area contributed by atoms with E-state index in [9.17, 15) is 18.8 Å². The van der Waals surface area contributed by atoms with Crippen LogP contribution < -0.4 is 16.0 Å². The van der Waals surface area contributed by atoms with Gasteiger partial charge in [0.15, 0.2) is 0 Å². The first-order valence-corrected chi connectivity index (χ1v) is 17.2. The molecule has 0 saturated heterocycles. The lowest BCUT2D eigenvalue weighted by Crippen LogP contribution is -2.59. The second kappa shape index (κ2) is 16.1. The Morgan fingerprint density at radius 1 is 0.882 bits per heavy atom. The third-order valence-electron chi connectivity index (χ3n) is 8.53. The zero-order chi connectivity index (χ0) is 36.6. The highest BCUT2D eigenvalue weighted by molar-refractivity contribution is 5.90. The van der Waals surface area contributed by atoms with Crippen molar-refractivity contribution >= 4 is 29.6 Å². The summed E-state index contributed by atoms with van der Waals surface area (Å²) in [5.41, 5.74) is 2.28. The smallest absolute Gasteiger partial charge is 0.408 e. The van der Waals surface area contributed by atoms with Crippen LogP contribution >= 0.6 is 0 Å². The van der Waals surface area contributed by atoms with E-state index in [0.29, 0.717) is 50.4 Å². The van der Waals surface area contributed by atoms with Crippen molar-refractivity contribution in [1.82, 2.24) is 25.1 Å². The van der Waals surface area contributed by atoms with Gasteiger partial charge in [0.2, 0.25) is 5.91 Å². The van der Waals surface area contributed by atoms with Crippen LogP contribution in [-0.2, 0) is 34.0 Å². The molecule has 0 saturated carbocycles. The molecule has 0 spiro atoms. The summed E-state index contributed by atoms with van der Waals surface area (Å²) in [6.07, 6.45) is 0.169. The number of alkyl carbamates (subject to hydrolysis) is 2. The standard InChI is InChI=1S/C39H47FN6O5/c1-27-13-19-31(20-14-27)42-34-33(29-15-17-30(40)18-16-29)43-32-25-45(23-24-46(32)34)35(47)39(5,21-9-10-22-41-36(48)51-38(2,3)4)44-37(49)50-26-28-11-7-6-8-12-28/h6-8,11-20,42H,9-10,21-26H2,1-5H3,(H,41,48)(H,44,49). The molecule has 51 heavy (non-hydrogen) atoms. The number of fused-ring (bicyclic) bond motifs is 1. The van der Waals surface area contributed by atoms with Crippen molar-refractivity contribution in [2.75, 3.05) is 18.4 Å². The van der Waals surface area contributed by atoms with Gasteiger partial charge in [0.25, 0.3) is 0 Å². The largest absolute Gasteiger partial charge is 0.445 e. The van der Waals surface area contributed by atoms with E-state index < -0.39 is 23.3 Å². The molecule has 1 aliphatic heterocycles. The quantitative estimate of drug-likeness (QED) is 0.131. The highest BCUT2D eigenvalue weighted by atomic mass is 19.1. The van der Waals surface area contributed by atoms with Gasteiger partial charge >= 0.3 is 12.2 Å². The van der Waals surface area contributed by atoms with E-state index in [1.54, 1.807) is 44.7 Å². The Bertz CT molecular complexity index is 1800. The predicted octanol–water partition coefficient (Wildman–Crippen LogP) is 7.46. The molecular formula is C39H47FN6O5. The number of aryl methyl sites for hydroxylation is 1. The molecule has 3 aromatic carbocycles. The van der Waals surface area contributed by atoms with Gasteiger partial charge in [-0.1, -0.05) is 48.0 Å². The average Bonchev–Trinajstić information content (AvgIpc) is 3.45. The van der Waals surface area contributed by atoms with Crippen LogP contribution in [0.3, 0.4) is 0 Å². The molecule has 1 unspecified atom stereocenters. The van der Waals surface area contributed by atoms with E-state index in [1.165, 1.54) is 12.1 Å². The third-order valence-corrected chi connectivity index (χ3v) is 8.53. The van der Waals surface area contributed by atoms with Crippen LogP contribution in [0.5, 0.6) is 0 Å². The van der Waals surface area contributed by atoms with Crippen LogP contribution in [0.4, 0.5) is 25.5 Å². The number of amides is 3. The predicted molar refractivity (Wildman–Crippen MR) is 194 cm³/mol. The summed E-state index contributed by atoms with van der Waals surface area (Å²) in [5.74, 6) is 0.779. The van der Waals surface area contributed by atoms with Crippen LogP contribution in [0.25, 0.3) is 11.3 Å². The summed E-state index contributed by atoms with van der Waals surface area (Å²) in [6, 6.07) is 23.5. The number of hydrogen-bond acceptors (Lipinski definition) is 7. The number of halogens is 1. The number of carbonyl (C=O) groups excluding carboxylic acids is 3. The lowest BCUT2D eigenvalue weighted by atomic mass is 9.92. The maximum Gasteiger partial charge on any atom is 0.408 e. The number of aromatic nitrogens is 2. The number of anilines is 2. The monoisotopic (exact) mass is 698 g/mol. The van der Waals surface area contributed by atoms with Crippen LogP contribution in [0.15, 0.2) is 78.9 Å². The van der Waals surface area contributed by atoms with Crippen LogP contribution in [0.2, 0.25) is 0 Å². The van der Waals surface area contributed by atoms with E-state index >= 15 is 0 Å². The van der Waals surface area contributed by atoms with E-state index in [2.05, 4.69) is 16.0 Å². The van der Waals surface area contributed by atoms with Crippen molar-refractivity contribution in [3.63, 3.8) is 0 Å². The summed E-state index contributed by atoms with van der Waals surface area (Å²) in [7, 11) is 0. The Hall–Kier alpha value is -5.39. The van der Waals surface area contributed by atoms with Gasteiger partial charge in [-0.3, -0.25) is 4.79 Å². The molecule has 3 amide bonds. The molecule has 1 atom stereocenters. The molecule has 1 aromatic heterocycles. The summed E-state index contributed by atoms with van der Waals surface area (Å²) < 4.78 is 26.7. The number of rotatable bonds is 12. The summed E-state index contributed by atoms with van der Waals surface area (Å²) in [6.45, 7) is 10.5. The lowest BCUT2D eigenvalue weighted by molar-refractivity contribution is -0.139. The number of benzene rings is 3. The Kier molecular flexibility index (Phi) is 11.6. The molecule has 0 fully saturated rings. The topological polar surface area (TPSA) is 127 Å². The zero-order valence-electron chi connectivity index (χ0n) is 29.9. The summed E-state index contributed by atoms with van der Waals surface area (Å²) in [5, 5.41) is 9.11. The highest BCUT2D eigenvalue weighted by Crippen LogP contribution is 2.34. The fourth-order valence-electron chi connectivity index (χ4n) is 5.88. The number of carbonyl (C=O) groups is 3. The van der Waals surface area contributed by atoms with E-state index in [4.69, 9.17) is 14.5 Å². The minimum atomic E-state index is -1.31. The van der Waals surface area contributed by atoms with Crippen LogP contribution in [0, 0.1) is 12.7 Å². The molecule has 0 bridgehead atoms. The number of nitrogens with one attached hydrogen (secondary N) is 3.